The lowest BCUT2D eigenvalue weighted by Crippen LogP contribution is -2.26. The summed E-state index contributed by atoms with van der Waals surface area (Å²) in [6.07, 6.45) is 1.75. The van der Waals surface area contributed by atoms with Gasteiger partial charge in [0.15, 0.2) is 5.82 Å². The van der Waals surface area contributed by atoms with E-state index in [0.717, 1.165) is 11.3 Å². The molecule has 0 radical (unpaired) electrons. The van der Waals surface area contributed by atoms with Gasteiger partial charge in [0.1, 0.15) is 5.82 Å². The number of benzene rings is 1. The molecule has 1 aliphatic rings. The van der Waals surface area contributed by atoms with Gasteiger partial charge in [0.2, 0.25) is 5.91 Å². The smallest absolute Gasteiger partial charge is 0.230 e. The Morgan fingerprint density at radius 1 is 1.17 bits per heavy atom. The van der Waals surface area contributed by atoms with Crippen LogP contribution in [0.5, 0.6) is 0 Å². The summed E-state index contributed by atoms with van der Waals surface area (Å²) in [6, 6.07) is 9.57. The van der Waals surface area contributed by atoms with Gasteiger partial charge in [-0.15, -0.1) is 0 Å². The summed E-state index contributed by atoms with van der Waals surface area (Å²) >= 11 is 0. The van der Waals surface area contributed by atoms with Gasteiger partial charge < -0.3 is 10.2 Å². The molecule has 8 nitrogen and oxygen atoms in total. The number of nitrogens with zero attached hydrogens (tertiary/aromatic N) is 5. The van der Waals surface area contributed by atoms with E-state index in [4.69, 9.17) is 0 Å². The highest BCUT2D eigenvalue weighted by molar-refractivity contribution is 6.01. The van der Waals surface area contributed by atoms with Crippen LogP contribution in [0.1, 0.15) is 42.1 Å². The van der Waals surface area contributed by atoms with Gasteiger partial charge in [-0.05, 0) is 45.4 Å². The van der Waals surface area contributed by atoms with E-state index in [-0.39, 0.29) is 29.3 Å². The summed E-state index contributed by atoms with van der Waals surface area (Å²) in [5, 5.41) is 30.1. The van der Waals surface area contributed by atoms with E-state index in [1.165, 1.54) is 0 Å². The number of carbonyl (C=O) groups excluding carboxylic acids is 1. The lowest BCUT2D eigenvalue weighted by molar-refractivity contribution is -0.115. The Kier molecular flexibility index (Phi) is 6.10. The maximum absolute atomic E-state index is 15.7. The van der Waals surface area contributed by atoms with Crippen molar-refractivity contribution in [3.05, 3.63) is 75.1 Å². The van der Waals surface area contributed by atoms with Crippen molar-refractivity contribution in [3.63, 3.8) is 0 Å². The summed E-state index contributed by atoms with van der Waals surface area (Å²) < 4.78 is 15.7. The van der Waals surface area contributed by atoms with Gasteiger partial charge in [0, 0.05) is 46.8 Å². The Hall–Kier alpha value is -4.50. The SMILES string of the molecule is CC1=C(C#N)C(c2cc3c(NC(=O)Cc4ccc(C)nc4)n[nH]c3c(C)c2F)C(C#N)=C(C)N1C. The molecule has 3 aromatic rings. The third-order valence-corrected chi connectivity index (χ3v) is 6.57. The van der Waals surface area contributed by atoms with Crippen LogP contribution >= 0.6 is 0 Å². The second-order valence-corrected chi connectivity index (χ2v) is 8.65. The number of aromatic nitrogens is 3. The topological polar surface area (TPSA) is 121 Å². The lowest BCUT2D eigenvalue weighted by atomic mass is 9.80. The Bertz CT molecular complexity index is 1460. The summed E-state index contributed by atoms with van der Waals surface area (Å²) in [4.78, 5) is 18.7. The highest BCUT2D eigenvalue weighted by atomic mass is 19.1. The Balaban J connectivity index is 1.79. The maximum atomic E-state index is 15.7. The number of halogens is 1. The molecule has 0 spiro atoms. The minimum absolute atomic E-state index is 0.102. The lowest BCUT2D eigenvalue weighted by Gasteiger charge is -2.33. The van der Waals surface area contributed by atoms with Crippen molar-refractivity contribution in [1.82, 2.24) is 20.1 Å². The number of amides is 1. The zero-order valence-electron chi connectivity index (χ0n) is 20.1. The number of allylic oxidation sites excluding steroid dienone is 4. The molecule has 2 aromatic heterocycles. The highest BCUT2D eigenvalue weighted by Crippen LogP contribution is 2.43. The summed E-state index contributed by atoms with van der Waals surface area (Å²) in [5.41, 5.74) is 4.42. The van der Waals surface area contributed by atoms with Crippen LogP contribution in [0.4, 0.5) is 10.2 Å². The number of hydrogen-bond donors (Lipinski definition) is 2. The number of fused-ring (bicyclic) bond motifs is 1. The summed E-state index contributed by atoms with van der Waals surface area (Å²) in [6.45, 7) is 7.01. The van der Waals surface area contributed by atoms with Gasteiger partial charge in [-0.3, -0.25) is 14.9 Å². The quantitative estimate of drug-likeness (QED) is 0.579. The van der Waals surface area contributed by atoms with Crippen molar-refractivity contribution in [1.29, 1.82) is 10.5 Å². The Morgan fingerprint density at radius 2 is 1.83 bits per heavy atom. The molecule has 9 heteroatoms. The van der Waals surface area contributed by atoms with E-state index in [2.05, 4.69) is 32.6 Å². The predicted octanol–water partition coefficient (Wildman–Crippen LogP) is 4.52. The molecule has 4 rings (SSSR count). The fourth-order valence-corrected chi connectivity index (χ4v) is 4.37. The van der Waals surface area contributed by atoms with Crippen LogP contribution in [-0.4, -0.2) is 33.0 Å². The molecule has 0 aliphatic carbocycles. The van der Waals surface area contributed by atoms with Gasteiger partial charge in [0.25, 0.3) is 0 Å². The molecule has 1 aliphatic heterocycles. The average molecular weight is 470 g/mol. The fourth-order valence-electron chi connectivity index (χ4n) is 4.37. The average Bonchev–Trinajstić information content (AvgIpc) is 3.23. The Morgan fingerprint density at radius 3 is 2.40 bits per heavy atom. The molecule has 176 valence electrons. The van der Waals surface area contributed by atoms with E-state index >= 15 is 4.39 Å². The van der Waals surface area contributed by atoms with E-state index in [1.807, 2.05) is 19.1 Å². The first-order chi connectivity index (χ1) is 16.7. The van der Waals surface area contributed by atoms with E-state index in [0.29, 0.717) is 33.4 Å². The number of H-pyrrole nitrogens is 1. The van der Waals surface area contributed by atoms with E-state index in [9.17, 15) is 15.3 Å². The van der Waals surface area contributed by atoms with Crippen LogP contribution in [0.2, 0.25) is 0 Å². The monoisotopic (exact) mass is 469 g/mol. The molecular formula is C26H24FN7O. The maximum Gasteiger partial charge on any atom is 0.230 e. The normalized spacial score (nSPS) is 14.3. The number of anilines is 1. The minimum Gasteiger partial charge on any atom is -0.350 e. The number of rotatable bonds is 4. The molecule has 0 saturated carbocycles. The number of pyridine rings is 1. The van der Waals surface area contributed by atoms with Crippen LogP contribution in [0, 0.1) is 42.3 Å². The zero-order chi connectivity index (χ0) is 25.4. The number of carbonyl (C=O) groups is 1. The third kappa shape index (κ3) is 4.02. The van der Waals surface area contributed by atoms with Crippen LogP contribution in [0.3, 0.4) is 0 Å². The molecule has 0 fully saturated rings. The van der Waals surface area contributed by atoms with Gasteiger partial charge in [-0.1, -0.05) is 6.07 Å². The second-order valence-electron chi connectivity index (χ2n) is 8.65. The molecule has 0 unspecified atom stereocenters. The standard InChI is InChI=1S/C26H24FN7O/c1-13-6-7-17(12-30-13)8-22(35)31-26-19-9-18(24(27)14(2)25(19)32-33-26)23-20(10-28)15(3)34(5)16(4)21(23)11-29/h6-7,9,12,23H,8H2,1-5H3,(H2,31,32,33,35). The minimum atomic E-state index is -0.860. The van der Waals surface area contributed by atoms with Gasteiger partial charge in [-0.2, -0.15) is 15.6 Å². The van der Waals surface area contributed by atoms with Crippen LogP contribution in [-0.2, 0) is 11.2 Å². The molecule has 1 amide bonds. The Labute approximate surface area is 202 Å². The summed E-state index contributed by atoms with van der Waals surface area (Å²) in [5.74, 6) is -1.43. The predicted molar refractivity (Wildman–Crippen MR) is 129 cm³/mol. The van der Waals surface area contributed by atoms with Gasteiger partial charge in [-0.25, -0.2) is 4.39 Å². The summed E-state index contributed by atoms with van der Waals surface area (Å²) in [7, 11) is 1.77. The van der Waals surface area contributed by atoms with Crippen molar-refractivity contribution in [2.75, 3.05) is 12.4 Å². The largest absolute Gasteiger partial charge is 0.350 e. The molecule has 0 bridgehead atoms. The first kappa shape index (κ1) is 23.7. The third-order valence-electron chi connectivity index (χ3n) is 6.57. The van der Waals surface area contributed by atoms with E-state index < -0.39 is 11.7 Å². The van der Waals surface area contributed by atoms with Crippen LogP contribution in [0.25, 0.3) is 10.9 Å². The van der Waals surface area contributed by atoms with Crippen molar-refractivity contribution in [3.8, 4) is 12.1 Å². The molecule has 0 atom stereocenters. The van der Waals surface area contributed by atoms with Crippen molar-refractivity contribution < 1.29 is 9.18 Å². The van der Waals surface area contributed by atoms with Crippen molar-refractivity contribution >= 4 is 22.6 Å². The molecule has 0 saturated heterocycles. The molecule has 35 heavy (non-hydrogen) atoms. The van der Waals surface area contributed by atoms with Gasteiger partial charge in [0.05, 0.1) is 41.1 Å². The molecule has 1 aromatic carbocycles. The second kappa shape index (κ2) is 9.03. The van der Waals surface area contributed by atoms with Crippen LogP contribution in [0.15, 0.2) is 46.9 Å². The van der Waals surface area contributed by atoms with Gasteiger partial charge >= 0.3 is 0 Å². The first-order valence-electron chi connectivity index (χ1n) is 11.0. The van der Waals surface area contributed by atoms with E-state index in [1.54, 1.807) is 45.0 Å². The number of nitriles is 2. The fraction of sp³-hybridized carbons (Fsp3) is 0.269. The highest BCUT2D eigenvalue weighted by Gasteiger charge is 2.34. The number of aromatic amines is 1. The molecular weight excluding hydrogens is 445 g/mol. The molecule has 3 heterocycles. The number of aryl methyl sites for hydroxylation is 2. The zero-order valence-corrected chi connectivity index (χ0v) is 20.1. The molecule has 2 N–H and O–H groups in total. The van der Waals surface area contributed by atoms with Crippen molar-refractivity contribution in [2.24, 2.45) is 0 Å². The number of hydrogen-bond acceptors (Lipinski definition) is 6. The first-order valence-corrected chi connectivity index (χ1v) is 11.0. The van der Waals surface area contributed by atoms with Crippen LogP contribution < -0.4 is 5.32 Å². The van der Waals surface area contributed by atoms with Crippen molar-refractivity contribution in [2.45, 2.75) is 40.0 Å². The number of nitrogens with one attached hydrogen (secondary N) is 2.